The van der Waals surface area contributed by atoms with Crippen LogP contribution >= 0.6 is 11.3 Å². The number of carbonyl (C=O) groups is 1. The van der Waals surface area contributed by atoms with E-state index in [0.717, 1.165) is 29.2 Å². The number of nitrogens with zero attached hydrogens (tertiary/aromatic N) is 4. The minimum atomic E-state index is -0.448. The number of ether oxygens (including phenoxy) is 1. The van der Waals surface area contributed by atoms with Crippen molar-refractivity contribution in [3.63, 3.8) is 0 Å². The Morgan fingerprint density at radius 2 is 2.19 bits per heavy atom. The maximum absolute atomic E-state index is 12.2. The average Bonchev–Trinajstić information content (AvgIpc) is 3.28. The maximum atomic E-state index is 12.2. The Kier molecular flexibility index (Phi) is 4.38. The van der Waals surface area contributed by atoms with Crippen molar-refractivity contribution in [1.29, 1.82) is 0 Å². The first kappa shape index (κ1) is 16.7. The number of carbonyl (C=O) groups excluding carboxylic acids is 1. The number of rotatable bonds is 4. The highest BCUT2D eigenvalue weighted by molar-refractivity contribution is 7.13. The molecule has 0 atom stereocenters. The van der Waals surface area contributed by atoms with Gasteiger partial charge in [-0.25, -0.2) is 9.78 Å². The highest BCUT2D eigenvalue weighted by atomic mass is 32.1. The summed E-state index contributed by atoms with van der Waals surface area (Å²) in [5.74, 6) is -0.448. The van der Waals surface area contributed by atoms with Crippen LogP contribution in [0.2, 0.25) is 0 Å². The van der Waals surface area contributed by atoms with E-state index in [9.17, 15) is 4.79 Å². The zero-order valence-corrected chi connectivity index (χ0v) is 15.4. The third-order valence-electron chi connectivity index (χ3n) is 4.35. The van der Waals surface area contributed by atoms with Gasteiger partial charge < -0.3 is 9.64 Å². The van der Waals surface area contributed by atoms with Crippen LogP contribution in [0.5, 0.6) is 0 Å². The highest BCUT2D eigenvalue weighted by Gasteiger charge is 2.18. The van der Waals surface area contributed by atoms with Gasteiger partial charge in [-0.1, -0.05) is 0 Å². The standard InChI is InChI=1S/C19H18N4O2S/c1-12-8-21-15(9-20-12)10-25-19(24)16-11-26-18(22-16)14-3-4-17-13(7-14)5-6-23(17)2/h3-4,7-9,11H,5-6,10H2,1-2H3. The van der Waals surface area contributed by atoms with Gasteiger partial charge in [0.25, 0.3) is 0 Å². The fourth-order valence-corrected chi connectivity index (χ4v) is 3.69. The lowest BCUT2D eigenvalue weighted by Crippen LogP contribution is -2.12. The number of hydrogen-bond donors (Lipinski definition) is 0. The van der Waals surface area contributed by atoms with E-state index in [4.69, 9.17) is 4.74 Å². The topological polar surface area (TPSA) is 68.2 Å². The Morgan fingerprint density at radius 3 is 3.00 bits per heavy atom. The normalized spacial score (nSPS) is 12.9. The van der Waals surface area contributed by atoms with E-state index in [1.807, 2.05) is 6.92 Å². The number of likely N-dealkylation sites (N-methyl/N-ethyl adjacent to an activating group) is 1. The summed E-state index contributed by atoms with van der Waals surface area (Å²) < 4.78 is 5.29. The average molecular weight is 366 g/mol. The Morgan fingerprint density at radius 1 is 1.31 bits per heavy atom. The summed E-state index contributed by atoms with van der Waals surface area (Å²) in [7, 11) is 2.10. The second-order valence-corrected chi connectivity index (χ2v) is 7.14. The molecule has 1 aromatic carbocycles. The molecule has 0 N–H and O–H groups in total. The zero-order valence-electron chi connectivity index (χ0n) is 14.6. The van der Waals surface area contributed by atoms with E-state index in [2.05, 4.69) is 45.1 Å². The van der Waals surface area contributed by atoms with Crippen LogP contribution < -0.4 is 4.90 Å². The first-order chi connectivity index (χ1) is 12.6. The third kappa shape index (κ3) is 3.30. The van der Waals surface area contributed by atoms with Crippen LogP contribution in [0.3, 0.4) is 0 Å². The predicted octanol–water partition coefficient (Wildman–Crippen LogP) is 3.26. The van der Waals surface area contributed by atoms with Gasteiger partial charge in [0.15, 0.2) is 5.69 Å². The van der Waals surface area contributed by atoms with Gasteiger partial charge in [0, 0.05) is 36.4 Å². The molecule has 6 nitrogen and oxygen atoms in total. The van der Waals surface area contributed by atoms with Crippen molar-refractivity contribution in [3.05, 3.63) is 58.6 Å². The van der Waals surface area contributed by atoms with Gasteiger partial charge in [0.2, 0.25) is 0 Å². The van der Waals surface area contributed by atoms with Crippen molar-refractivity contribution in [1.82, 2.24) is 15.0 Å². The lowest BCUT2D eigenvalue weighted by molar-refractivity contribution is 0.0461. The Balaban J connectivity index is 1.46. The molecule has 0 spiro atoms. The molecule has 1 aliphatic heterocycles. The molecular weight excluding hydrogens is 348 g/mol. The summed E-state index contributed by atoms with van der Waals surface area (Å²) in [5.41, 5.74) is 5.38. The summed E-state index contributed by atoms with van der Waals surface area (Å²) >= 11 is 1.45. The second kappa shape index (κ2) is 6.84. The van der Waals surface area contributed by atoms with E-state index >= 15 is 0 Å². The molecule has 4 rings (SSSR count). The van der Waals surface area contributed by atoms with Crippen LogP contribution in [-0.4, -0.2) is 34.5 Å². The number of thiazole rings is 1. The summed E-state index contributed by atoms with van der Waals surface area (Å²) in [6, 6.07) is 6.33. The molecule has 0 saturated heterocycles. The molecule has 132 valence electrons. The number of benzene rings is 1. The fraction of sp³-hybridized carbons (Fsp3) is 0.263. The van der Waals surface area contributed by atoms with Crippen molar-refractivity contribution in [2.45, 2.75) is 20.0 Å². The fourth-order valence-electron chi connectivity index (χ4n) is 2.91. The molecule has 3 heterocycles. The van der Waals surface area contributed by atoms with Crippen LogP contribution in [0.1, 0.15) is 27.4 Å². The molecular formula is C19H18N4O2S. The molecule has 0 radical (unpaired) electrons. The van der Waals surface area contributed by atoms with Crippen LogP contribution in [0.4, 0.5) is 5.69 Å². The molecule has 3 aromatic rings. The number of anilines is 1. The molecule has 0 aliphatic carbocycles. The Bertz CT molecular complexity index is 952. The van der Waals surface area contributed by atoms with Crippen molar-refractivity contribution < 1.29 is 9.53 Å². The van der Waals surface area contributed by atoms with Gasteiger partial charge in [-0.15, -0.1) is 11.3 Å². The SMILES string of the molecule is Cc1cnc(COC(=O)c2csc(-c3ccc4c(c3)CCN4C)n2)cn1. The predicted molar refractivity (Wildman–Crippen MR) is 100 cm³/mol. The van der Waals surface area contributed by atoms with Gasteiger partial charge in [-0.05, 0) is 37.1 Å². The number of esters is 1. The lowest BCUT2D eigenvalue weighted by atomic mass is 10.1. The van der Waals surface area contributed by atoms with Crippen molar-refractivity contribution >= 4 is 23.0 Å². The highest BCUT2D eigenvalue weighted by Crippen LogP contribution is 2.32. The second-order valence-electron chi connectivity index (χ2n) is 6.28. The Hall–Kier alpha value is -2.80. The van der Waals surface area contributed by atoms with Crippen LogP contribution in [0.15, 0.2) is 36.0 Å². The molecule has 0 unspecified atom stereocenters. The molecule has 1 aliphatic rings. The number of aromatic nitrogens is 3. The largest absolute Gasteiger partial charge is 0.454 e. The van der Waals surface area contributed by atoms with Crippen molar-refractivity contribution in [3.8, 4) is 10.6 Å². The summed E-state index contributed by atoms with van der Waals surface area (Å²) in [5, 5.41) is 2.56. The van der Waals surface area contributed by atoms with Crippen molar-refractivity contribution in [2.75, 3.05) is 18.5 Å². The quantitative estimate of drug-likeness (QED) is 0.660. The van der Waals surface area contributed by atoms with E-state index in [0.29, 0.717) is 11.4 Å². The minimum absolute atomic E-state index is 0.0875. The molecule has 7 heteroatoms. The van der Waals surface area contributed by atoms with Crippen molar-refractivity contribution in [2.24, 2.45) is 0 Å². The molecule has 0 fully saturated rings. The number of aryl methyl sites for hydroxylation is 1. The molecule has 0 bridgehead atoms. The van der Waals surface area contributed by atoms with E-state index < -0.39 is 5.97 Å². The van der Waals surface area contributed by atoms with Gasteiger partial charge >= 0.3 is 5.97 Å². The first-order valence-corrected chi connectivity index (χ1v) is 9.23. The monoisotopic (exact) mass is 366 g/mol. The van der Waals surface area contributed by atoms with Gasteiger partial charge in [-0.2, -0.15) is 0 Å². The van der Waals surface area contributed by atoms with Crippen LogP contribution in [0, 0.1) is 6.92 Å². The smallest absolute Gasteiger partial charge is 0.358 e. The van der Waals surface area contributed by atoms with Gasteiger partial charge in [-0.3, -0.25) is 9.97 Å². The van der Waals surface area contributed by atoms with E-state index in [1.54, 1.807) is 17.8 Å². The molecule has 2 aromatic heterocycles. The summed E-state index contributed by atoms with van der Waals surface area (Å²) in [4.78, 5) is 27.2. The summed E-state index contributed by atoms with van der Waals surface area (Å²) in [6.45, 7) is 2.98. The molecule has 0 saturated carbocycles. The van der Waals surface area contributed by atoms with Gasteiger partial charge in [0.1, 0.15) is 11.6 Å². The number of fused-ring (bicyclic) bond motifs is 1. The first-order valence-electron chi connectivity index (χ1n) is 8.35. The lowest BCUT2D eigenvalue weighted by Gasteiger charge is -2.11. The maximum Gasteiger partial charge on any atom is 0.358 e. The van der Waals surface area contributed by atoms with E-state index in [1.165, 1.54) is 22.6 Å². The van der Waals surface area contributed by atoms with Crippen LogP contribution in [-0.2, 0) is 17.8 Å². The zero-order chi connectivity index (χ0) is 18.1. The number of hydrogen-bond acceptors (Lipinski definition) is 7. The minimum Gasteiger partial charge on any atom is -0.454 e. The summed E-state index contributed by atoms with van der Waals surface area (Å²) in [6.07, 6.45) is 4.30. The van der Waals surface area contributed by atoms with Gasteiger partial charge in [0.05, 0.1) is 17.6 Å². The Labute approximate surface area is 155 Å². The third-order valence-corrected chi connectivity index (χ3v) is 5.24. The van der Waals surface area contributed by atoms with E-state index in [-0.39, 0.29) is 6.61 Å². The molecule has 0 amide bonds. The molecule has 26 heavy (non-hydrogen) atoms. The van der Waals surface area contributed by atoms with Crippen LogP contribution in [0.25, 0.3) is 10.6 Å².